The van der Waals surface area contributed by atoms with Gasteiger partial charge in [0, 0.05) is 23.9 Å². The van der Waals surface area contributed by atoms with Gasteiger partial charge < -0.3 is 20.6 Å². The van der Waals surface area contributed by atoms with Gasteiger partial charge in [-0.15, -0.1) is 0 Å². The standard InChI is InChI=1S/C13H12ClN3O2/c1-19-10-4-3-8-9(18)7-11(16-6-2-5-15)17-13(8)12(10)14/h2-7,15H,1H3,(H2,16,17,18)/b6-2-,15-5?. The first-order valence-electron chi connectivity index (χ1n) is 5.45. The number of hydrogen-bond donors (Lipinski definition) is 3. The summed E-state index contributed by atoms with van der Waals surface area (Å²) in [7, 11) is 1.52. The first kappa shape index (κ1) is 13.2. The Morgan fingerprint density at radius 2 is 2.26 bits per heavy atom. The second kappa shape index (κ2) is 5.58. The van der Waals surface area contributed by atoms with E-state index in [0.717, 1.165) is 6.21 Å². The Bertz CT molecular complexity index is 656. The van der Waals surface area contributed by atoms with Gasteiger partial charge in [-0.3, -0.25) is 0 Å². The topological polar surface area (TPSA) is 78.2 Å². The van der Waals surface area contributed by atoms with Gasteiger partial charge in [-0.25, -0.2) is 4.98 Å². The molecular formula is C13H12ClN3O2. The molecule has 5 nitrogen and oxygen atoms in total. The predicted molar refractivity (Wildman–Crippen MR) is 76.5 cm³/mol. The lowest BCUT2D eigenvalue weighted by molar-refractivity contribution is 0.415. The van der Waals surface area contributed by atoms with Crippen molar-refractivity contribution in [3.8, 4) is 11.5 Å². The molecule has 3 N–H and O–H groups in total. The fraction of sp³-hybridized carbons (Fsp3) is 0.0769. The molecule has 0 fully saturated rings. The normalized spacial score (nSPS) is 10.8. The highest BCUT2D eigenvalue weighted by Gasteiger charge is 2.11. The molecule has 1 aromatic heterocycles. The van der Waals surface area contributed by atoms with Crippen LogP contribution in [0.1, 0.15) is 0 Å². The first-order valence-corrected chi connectivity index (χ1v) is 5.83. The van der Waals surface area contributed by atoms with Gasteiger partial charge in [0.05, 0.1) is 12.6 Å². The number of anilines is 1. The molecule has 0 aliphatic carbocycles. The predicted octanol–water partition coefficient (Wildman–Crippen LogP) is 3.18. The second-order valence-electron chi connectivity index (χ2n) is 3.67. The molecule has 1 heterocycles. The minimum atomic E-state index is 0.0697. The van der Waals surface area contributed by atoms with E-state index in [9.17, 15) is 5.11 Å². The van der Waals surface area contributed by atoms with E-state index in [-0.39, 0.29) is 5.75 Å². The molecule has 2 aromatic rings. The van der Waals surface area contributed by atoms with Crippen LogP contribution in [0.5, 0.6) is 11.5 Å². The van der Waals surface area contributed by atoms with Crippen molar-refractivity contribution in [2.24, 2.45) is 0 Å². The molecule has 2 rings (SSSR count). The fourth-order valence-electron chi connectivity index (χ4n) is 1.64. The zero-order valence-corrected chi connectivity index (χ0v) is 10.9. The van der Waals surface area contributed by atoms with Crippen molar-refractivity contribution in [3.05, 3.63) is 35.5 Å². The molecule has 1 aromatic carbocycles. The lowest BCUT2D eigenvalue weighted by atomic mass is 10.2. The summed E-state index contributed by atoms with van der Waals surface area (Å²) in [5.74, 6) is 0.992. The van der Waals surface area contributed by atoms with E-state index in [2.05, 4.69) is 10.3 Å². The van der Waals surface area contributed by atoms with Crippen molar-refractivity contribution in [1.29, 1.82) is 5.41 Å². The number of nitrogens with zero attached hydrogens (tertiary/aromatic N) is 1. The number of fused-ring (bicyclic) bond motifs is 1. The van der Waals surface area contributed by atoms with Crippen molar-refractivity contribution in [1.82, 2.24) is 4.98 Å². The van der Waals surface area contributed by atoms with E-state index in [1.807, 2.05) is 0 Å². The van der Waals surface area contributed by atoms with Crippen LogP contribution in [0.15, 0.2) is 30.5 Å². The molecule has 0 radical (unpaired) electrons. The van der Waals surface area contributed by atoms with Crippen molar-refractivity contribution in [2.45, 2.75) is 0 Å². The molecule has 0 bridgehead atoms. The van der Waals surface area contributed by atoms with Gasteiger partial charge in [0.2, 0.25) is 0 Å². The number of pyridine rings is 1. The van der Waals surface area contributed by atoms with Gasteiger partial charge >= 0.3 is 0 Å². The molecule has 0 aliphatic rings. The number of ether oxygens (including phenoxy) is 1. The van der Waals surface area contributed by atoms with Crippen LogP contribution in [0.2, 0.25) is 5.02 Å². The van der Waals surface area contributed by atoms with Crippen LogP contribution in [0.4, 0.5) is 5.82 Å². The number of rotatable bonds is 4. The van der Waals surface area contributed by atoms with E-state index in [0.29, 0.717) is 27.5 Å². The lowest BCUT2D eigenvalue weighted by Gasteiger charge is -2.09. The summed E-state index contributed by atoms with van der Waals surface area (Å²) in [6, 6.07) is 4.85. The molecule has 98 valence electrons. The molecule has 0 spiro atoms. The summed E-state index contributed by atoms with van der Waals surface area (Å²) < 4.78 is 5.11. The maximum absolute atomic E-state index is 9.95. The van der Waals surface area contributed by atoms with Gasteiger partial charge in [0.1, 0.15) is 22.3 Å². The van der Waals surface area contributed by atoms with Gasteiger partial charge in [-0.1, -0.05) is 11.6 Å². The maximum atomic E-state index is 9.95. The molecule has 0 saturated heterocycles. The minimum Gasteiger partial charge on any atom is -0.507 e. The second-order valence-corrected chi connectivity index (χ2v) is 4.05. The Balaban J connectivity index is 2.56. The van der Waals surface area contributed by atoms with Crippen LogP contribution in [-0.4, -0.2) is 23.4 Å². The van der Waals surface area contributed by atoms with Crippen LogP contribution in [-0.2, 0) is 0 Å². The van der Waals surface area contributed by atoms with Gasteiger partial charge in [0.25, 0.3) is 0 Å². The van der Waals surface area contributed by atoms with Crippen LogP contribution in [0.3, 0.4) is 0 Å². The smallest absolute Gasteiger partial charge is 0.139 e. The summed E-state index contributed by atoms with van der Waals surface area (Å²) in [4.78, 5) is 4.31. The van der Waals surface area contributed by atoms with E-state index in [1.54, 1.807) is 12.1 Å². The Labute approximate surface area is 115 Å². The SMILES string of the molecule is COc1ccc2c(O)cc(N/C=C\C=N)nc2c1Cl. The monoisotopic (exact) mass is 277 g/mol. The first-order chi connectivity index (χ1) is 9.17. The van der Waals surface area contributed by atoms with Crippen LogP contribution in [0.25, 0.3) is 10.9 Å². The zero-order valence-electron chi connectivity index (χ0n) is 10.1. The number of halogens is 1. The zero-order chi connectivity index (χ0) is 13.8. The Morgan fingerprint density at radius 1 is 1.47 bits per heavy atom. The van der Waals surface area contributed by atoms with E-state index in [1.165, 1.54) is 25.5 Å². The maximum Gasteiger partial charge on any atom is 0.139 e. The average molecular weight is 278 g/mol. The lowest BCUT2D eigenvalue weighted by Crippen LogP contribution is -1.94. The van der Waals surface area contributed by atoms with E-state index in [4.69, 9.17) is 21.7 Å². The molecule has 19 heavy (non-hydrogen) atoms. The quantitative estimate of drug-likeness (QED) is 0.750. The Morgan fingerprint density at radius 3 is 2.95 bits per heavy atom. The number of hydrogen-bond acceptors (Lipinski definition) is 5. The molecular weight excluding hydrogens is 266 g/mol. The van der Waals surface area contributed by atoms with Gasteiger partial charge in [-0.05, 0) is 18.2 Å². The molecule has 0 unspecified atom stereocenters. The van der Waals surface area contributed by atoms with Crippen LogP contribution < -0.4 is 10.1 Å². The summed E-state index contributed by atoms with van der Waals surface area (Å²) in [6.45, 7) is 0. The van der Waals surface area contributed by atoms with E-state index < -0.39 is 0 Å². The largest absolute Gasteiger partial charge is 0.507 e. The van der Waals surface area contributed by atoms with Crippen LogP contribution in [0, 0.1) is 5.41 Å². The molecule has 0 amide bonds. The third kappa shape index (κ3) is 2.61. The van der Waals surface area contributed by atoms with Crippen molar-refractivity contribution in [2.75, 3.05) is 12.4 Å². The molecule has 0 aliphatic heterocycles. The van der Waals surface area contributed by atoms with Crippen molar-refractivity contribution >= 4 is 34.5 Å². The van der Waals surface area contributed by atoms with Gasteiger partial charge in [-0.2, -0.15) is 0 Å². The number of benzene rings is 1. The number of nitrogens with one attached hydrogen (secondary N) is 2. The Hall–Kier alpha value is -2.27. The highest BCUT2D eigenvalue weighted by Crippen LogP contribution is 2.36. The summed E-state index contributed by atoms with van der Waals surface area (Å²) in [5.41, 5.74) is 0.451. The van der Waals surface area contributed by atoms with Gasteiger partial charge in [0.15, 0.2) is 0 Å². The Kier molecular flexibility index (Phi) is 3.87. The third-order valence-corrected chi connectivity index (χ3v) is 2.87. The number of aromatic hydroxyl groups is 1. The van der Waals surface area contributed by atoms with Crippen molar-refractivity contribution in [3.63, 3.8) is 0 Å². The summed E-state index contributed by atoms with van der Waals surface area (Å²) in [5, 5.41) is 20.5. The molecule has 0 saturated carbocycles. The van der Waals surface area contributed by atoms with Crippen LogP contribution >= 0.6 is 11.6 Å². The fourth-order valence-corrected chi connectivity index (χ4v) is 1.92. The highest BCUT2D eigenvalue weighted by molar-refractivity contribution is 6.36. The summed E-state index contributed by atoms with van der Waals surface area (Å²) >= 11 is 6.17. The minimum absolute atomic E-state index is 0.0697. The average Bonchev–Trinajstić information content (AvgIpc) is 2.40. The number of allylic oxidation sites excluding steroid dienone is 1. The number of aromatic nitrogens is 1. The third-order valence-electron chi connectivity index (χ3n) is 2.51. The molecule has 6 heteroatoms. The van der Waals surface area contributed by atoms with Crippen molar-refractivity contribution < 1.29 is 9.84 Å². The number of methoxy groups -OCH3 is 1. The highest BCUT2D eigenvalue weighted by atomic mass is 35.5. The summed E-state index contributed by atoms with van der Waals surface area (Å²) in [6.07, 6.45) is 4.16. The molecule has 0 atom stereocenters. The van der Waals surface area contributed by atoms with E-state index >= 15 is 0 Å².